The number of rotatable bonds is 3. The topological polar surface area (TPSA) is 69.6 Å². The van der Waals surface area contributed by atoms with Crippen LogP contribution in [0.25, 0.3) is 0 Å². The van der Waals surface area contributed by atoms with Crippen molar-refractivity contribution in [2.75, 3.05) is 25.4 Å². The monoisotopic (exact) mass is 258 g/mol. The maximum Gasteiger partial charge on any atom is 0.317 e. The minimum absolute atomic E-state index is 0.128. The predicted molar refractivity (Wildman–Crippen MR) is 66.2 cm³/mol. The van der Waals surface area contributed by atoms with Gasteiger partial charge in [0, 0.05) is 24.4 Å². The van der Waals surface area contributed by atoms with E-state index >= 15 is 0 Å². The van der Waals surface area contributed by atoms with Crippen molar-refractivity contribution in [3.63, 3.8) is 0 Å². The van der Waals surface area contributed by atoms with Crippen molar-refractivity contribution in [3.05, 3.63) is 0 Å². The molecule has 2 aliphatic heterocycles. The van der Waals surface area contributed by atoms with E-state index in [1.807, 2.05) is 11.8 Å². The zero-order valence-electron chi connectivity index (χ0n) is 9.94. The number of hydrogen-bond acceptors (Lipinski definition) is 3. The number of amides is 2. The van der Waals surface area contributed by atoms with Gasteiger partial charge < -0.3 is 15.3 Å². The van der Waals surface area contributed by atoms with Gasteiger partial charge in [0.15, 0.2) is 0 Å². The van der Waals surface area contributed by atoms with Gasteiger partial charge in [-0.3, -0.25) is 4.79 Å². The molecular formula is C11H18N2O3S. The van der Waals surface area contributed by atoms with Crippen LogP contribution in [0.15, 0.2) is 0 Å². The third-order valence-corrected chi connectivity index (χ3v) is 4.97. The Labute approximate surface area is 105 Å². The van der Waals surface area contributed by atoms with Gasteiger partial charge in [-0.1, -0.05) is 0 Å². The number of likely N-dealkylation sites (tertiary alicyclic amines) is 1. The Bertz CT molecular complexity index is 323. The van der Waals surface area contributed by atoms with Crippen LogP contribution in [0.2, 0.25) is 0 Å². The zero-order chi connectivity index (χ0) is 12.5. The predicted octanol–water partition coefficient (Wildman–Crippen LogP) is 0.998. The number of nitrogens with zero attached hydrogens (tertiary/aromatic N) is 1. The first kappa shape index (κ1) is 12.5. The van der Waals surface area contributed by atoms with E-state index < -0.39 is 5.97 Å². The normalized spacial score (nSPS) is 28.9. The van der Waals surface area contributed by atoms with Crippen LogP contribution in [-0.2, 0) is 4.79 Å². The molecule has 0 aromatic rings. The van der Waals surface area contributed by atoms with E-state index in [4.69, 9.17) is 5.11 Å². The van der Waals surface area contributed by atoms with Crippen molar-refractivity contribution in [2.45, 2.75) is 24.5 Å². The van der Waals surface area contributed by atoms with E-state index in [-0.39, 0.29) is 16.7 Å². The highest BCUT2D eigenvalue weighted by Gasteiger charge is 2.36. The molecule has 2 aliphatic rings. The Morgan fingerprint density at radius 2 is 2.24 bits per heavy atom. The Hall–Kier alpha value is -0.910. The summed E-state index contributed by atoms with van der Waals surface area (Å²) >= 11 is 1.90. The number of carboxylic acids is 1. The number of urea groups is 1. The molecule has 0 saturated carbocycles. The van der Waals surface area contributed by atoms with E-state index in [2.05, 4.69) is 12.2 Å². The van der Waals surface area contributed by atoms with Gasteiger partial charge in [0.25, 0.3) is 0 Å². The fourth-order valence-corrected chi connectivity index (χ4v) is 3.40. The molecule has 17 heavy (non-hydrogen) atoms. The molecule has 1 unspecified atom stereocenters. The highest BCUT2D eigenvalue weighted by Crippen LogP contribution is 2.37. The van der Waals surface area contributed by atoms with E-state index in [9.17, 15) is 9.59 Å². The average Bonchev–Trinajstić information content (AvgIpc) is 2.60. The number of aliphatic carboxylic acids is 1. The molecule has 2 fully saturated rings. The summed E-state index contributed by atoms with van der Waals surface area (Å²) in [6.45, 7) is 3.52. The van der Waals surface area contributed by atoms with Crippen LogP contribution in [0.5, 0.6) is 0 Å². The quantitative estimate of drug-likeness (QED) is 0.792. The Balaban J connectivity index is 1.70. The van der Waals surface area contributed by atoms with Crippen LogP contribution < -0.4 is 5.32 Å². The first-order valence-corrected chi connectivity index (χ1v) is 6.88. The summed E-state index contributed by atoms with van der Waals surface area (Å²) in [7, 11) is 0. The van der Waals surface area contributed by atoms with Gasteiger partial charge in [-0.2, -0.15) is 11.8 Å². The third-order valence-electron chi connectivity index (χ3n) is 3.43. The van der Waals surface area contributed by atoms with E-state index in [0.717, 1.165) is 12.2 Å². The van der Waals surface area contributed by atoms with Crippen molar-refractivity contribution in [2.24, 2.45) is 5.92 Å². The minimum Gasteiger partial charge on any atom is -0.481 e. The molecule has 6 heteroatoms. The fourth-order valence-electron chi connectivity index (χ4n) is 2.15. The number of nitrogens with one attached hydrogen (secondary N) is 1. The van der Waals surface area contributed by atoms with Gasteiger partial charge in [-0.25, -0.2) is 4.79 Å². The van der Waals surface area contributed by atoms with Crippen LogP contribution in [0.1, 0.15) is 19.8 Å². The highest BCUT2D eigenvalue weighted by atomic mass is 32.2. The second-order valence-electron chi connectivity index (χ2n) is 5.00. The zero-order valence-corrected chi connectivity index (χ0v) is 10.8. The van der Waals surface area contributed by atoms with E-state index in [0.29, 0.717) is 19.6 Å². The van der Waals surface area contributed by atoms with Gasteiger partial charge in [0.1, 0.15) is 0 Å². The second-order valence-corrected chi connectivity index (χ2v) is 6.68. The molecule has 0 radical (unpaired) electrons. The first-order chi connectivity index (χ1) is 8.00. The smallest absolute Gasteiger partial charge is 0.317 e. The Morgan fingerprint density at radius 1 is 1.53 bits per heavy atom. The lowest BCUT2D eigenvalue weighted by molar-refractivity contribution is -0.146. The van der Waals surface area contributed by atoms with Crippen molar-refractivity contribution in [1.29, 1.82) is 0 Å². The average molecular weight is 258 g/mol. The second kappa shape index (κ2) is 4.76. The van der Waals surface area contributed by atoms with E-state index in [1.54, 1.807) is 4.90 Å². The standard InChI is InChI=1S/C11H18N2O3S/c1-11(3-2-4-17-11)7-12-10(16)13-5-8(6-13)9(14)15/h8H,2-7H2,1H3,(H,12,16)(H,14,15). The van der Waals surface area contributed by atoms with Crippen molar-refractivity contribution >= 4 is 23.8 Å². The molecule has 1 atom stereocenters. The molecular weight excluding hydrogens is 240 g/mol. The van der Waals surface area contributed by atoms with Crippen LogP contribution >= 0.6 is 11.8 Å². The van der Waals surface area contributed by atoms with Gasteiger partial charge in [-0.05, 0) is 25.5 Å². The van der Waals surface area contributed by atoms with Crippen LogP contribution in [0.3, 0.4) is 0 Å². The molecule has 0 bridgehead atoms. The van der Waals surface area contributed by atoms with Gasteiger partial charge in [-0.15, -0.1) is 0 Å². The molecule has 0 aliphatic carbocycles. The summed E-state index contributed by atoms with van der Waals surface area (Å²) in [6.07, 6.45) is 2.34. The summed E-state index contributed by atoms with van der Waals surface area (Å²) in [5, 5.41) is 11.6. The molecule has 2 saturated heterocycles. The lowest BCUT2D eigenvalue weighted by Crippen LogP contribution is -2.57. The maximum absolute atomic E-state index is 11.7. The first-order valence-electron chi connectivity index (χ1n) is 5.90. The molecule has 2 rings (SSSR count). The Morgan fingerprint density at radius 3 is 2.76 bits per heavy atom. The SMILES string of the molecule is CC1(CNC(=O)N2CC(C(=O)O)C2)CCCS1. The number of carboxylic acid groups (broad SMARTS) is 1. The lowest BCUT2D eigenvalue weighted by Gasteiger charge is -2.37. The largest absolute Gasteiger partial charge is 0.481 e. The van der Waals surface area contributed by atoms with Crippen LogP contribution in [-0.4, -0.2) is 52.1 Å². The van der Waals surface area contributed by atoms with Crippen molar-refractivity contribution < 1.29 is 14.7 Å². The number of carbonyl (C=O) groups is 2. The minimum atomic E-state index is -0.813. The molecule has 5 nitrogen and oxygen atoms in total. The molecule has 2 amide bonds. The summed E-state index contributed by atoms with van der Waals surface area (Å²) < 4.78 is 0.159. The van der Waals surface area contributed by atoms with Gasteiger partial charge in [0.05, 0.1) is 5.92 Å². The molecule has 2 heterocycles. The van der Waals surface area contributed by atoms with Crippen molar-refractivity contribution in [3.8, 4) is 0 Å². The Kier molecular flexibility index (Phi) is 3.51. The summed E-state index contributed by atoms with van der Waals surface area (Å²) in [4.78, 5) is 23.9. The third kappa shape index (κ3) is 2.86. The van der Waals surface area contributed by atoms with Crippen molar-refractivity contribution in [1.82, 2.24) is 10.2 Å². The number of hydrogen-bond donors (Lipinski definition) is 2. The van der Waals surface area contributed by atoms with Gasteiger partial charge in [0.2, 0.25) is 0 Å². The summed E-state index contributed by atoms with van der Waals surface area (Å²) in [5.41, 5.74) is 0. The maximum atomic E-state index is 11.7. The van der Waals surface area contributed by atoms with Crippen LogP contribution in [0, 0.1) is 5.92 Å². The number of thioether (sulfide) groups is 1. The highest BCUT2D eigenvalue weighted by molar-refractivity contribution is 8.00. The molecule has 0 aromatic carbocycles. The lowest BCUT2D eigenvalue weighted by atomic mass is 10.0. The van der Waals surface area contributed by atoms with Gasteiger partial charge >= 0.3 is 12.0 Å². The molecule has 0 aromatic heterocycles. The fraction of sp³-hybridized carbons (Fsp3) is 0.818. The van der Waals surface area contributed by atoms with Crippen LogP contribution in [0.4, 0.5) is 4.79 Å². The molecule has 0 spiro atoms. The van der Waals surface area contributed by atoms with E-state index in [1.165, 1.54) is 6.42 Å². The molecule has 2 N–H and O–H groups in total. The summed E-state index contributed by atoms with van der Waals surface area (Å²) in [6, 6.07) is -0.128. The summed E-state index contributed by atoms with van der Waals surface area (Å²) in [5.74, 6) is -0.0264. The number of carbonyl (C=O) groups excluding carboxylic acids is 1. The molecule has 96 valence electrons.